The van der Waals surface area contributed by atoms with Crippen LogP contribution >= 0.6 is 0 Å². The third-order valence-corrected chi connectivity index (χ3v) is 2.31. The van der Waals surface area contributed by atoms with E-state index in [4.69, 9.17) is 0 Å². The van der Waals surface area contributed by atoms with Gasteiger partial charge < -0.3 is 17.7 Å². The third-order valence-electron chi connectivity index (χ3n) is 2.31. The Bertz CT molecular complexity index is 306. The third kappa shape index (κ3) is 4.32. The van der Waals surface area contributed by atoms with Gasteiger partial charge in [-0.05, 0) is 19.0 Å². The van der Waals surface area contributed by atoms with Gasteiger partial charge in [0.2, 0.25) is 0 Å². The first-order valence-corrected chi connectivity index (χ1v) is 4.80. The first kappa shape index (κ1) is 13.9. The monoisotopic (exact) mass is 222 g/mol. The summed E-state index contributed by atoms with van der Waals surface area (Å²) in [6.07, 6.45) is 2.72. The predicted octanol–water partition coefficient (Wildman–Crippen LogP) is 0.0834. The summed E-state index contributed by atoms with van der Waals surface area (Å²) in [5.74, 6) is 0. The van der Waals surface area contributed by atoms with Crippen LogP contribution < -0.4 is 17.7 Å². The van der Waals surface area contributed by atoms with Crippen molar-refractivity contribution >= 4 is 0 Å². The second kappa shape index (κ2) is 7.27. The maximum Gasteiger partial charge on any atom is 0.0358 e. The lowest BCUT2D eigenvalue weighted by molar-refractivity contribution is -0.00000295. The van der Waals surface area contributed by atoms with E-state index in [0.717, 1.165) is 12.0 Å². The summed E-state index contributed by atoms with van der Waals surface area (Å²) in [4.78, 5) is 0. The number of rotatable bonds is 5. The number of hydrogen-bond acceptors (Lipinski definition) is 1. The number of halogens is 1. The average Bonchev–Trinajstić information content (AvgIpc) is 2.26. The van der Waals surface area contributed by atoms with Crippen molar-refractivity contribution in [3.63, 3.8) is 0 Å². The van der Waals surface area contributed by atoms with Gasteiger partial charge in [-0.2, -0.15) is 0 Å². The van der Waals surface area contributed by atoms with Crippen molar-refractivity contribution in [2.45, 2.75) is 12.5 Å². The minimum atomic E-state index is 0. The van der Waals surface area contributed by atoms with E-state index >= 15 is 0 Å². The van der Waals surface area contributed by atoms with E-state index in [9.17, 15) is 0 Å². The van der Waals surface area contributed by atoms with Gasteiger partial charge in [0, 0.05) is 6.04 Å². The topological polar surface area (TPSA) is 12.0 Å². The van der Waals surface area contributed by atoms with Crippen molar-refractivity contribution in [2.24, 2.45) is 0 Å². The molecule has 0 spiro atoms. The first-order valence-electron chi connectivity index (χ1n) is 4.80. The van der Waals surface area contributed by atoms with Gasteiger partial charge in [0.25, 0.3) is 0 Å². The maximum atomic E-state index is 3.93. The fraction of sp³-hybridized carbons (Fsp3) is 0.231. The lowest BCUT2D eigenvalue weighted by Gasteiger charge is -2.16. The normalized spacial score (nSPS) is 11.3. The Morgan fingerprint density at radius 3 is 2.47 bits per heavy atom. The molecule has 1 unspecified atom stereocenters. The molecule has 0 amide bonds. The van der Waals surface area contributed by atoms with Crippen LogP contribution in [-0.2, 0) is 0 Å². The Kier molecular flexibility index (Phi) is 6.76. The fourth-order valence-electron chi connectivity index (χ4n) is 1.42. The Labute approximate surface area is 98.3 Å². The van der Waals surface area contributed by atoms with Gasteiger partial charge in [-0.3, -0.25) is 0 Å². The highest BCUT2D eigenvalue weighted by atomic mass is 35.5. The average molecular weight is 223 g/mol. The van der Waals surface area contributed by atoms with E-state index in [1.54, 1.807) is 0 Å². The summed E-state index contributed by atoms with van der Waals surface area (Å²) in [7, 11) is 1.97. The summed E-state index contributed by atoms with van der Waals surface area (Å²) in [5, 5.41) is 3.27. The predicted molar refractivity (Wildman–Crippen MR) is 62.2 cm³/mol. The van der Waals surface area contributed by atoms with Gasteiger partial charge in [-0.15, -0.1) is 0 Å². The van der Waals surface area contributed by atoms with Crippen LogP contribution in [0.1, 0.15) is 18.0 Å². The quantitative estimate of drug-likeness (QED) is 0.697. The SMILES string of the molecule is C=CC(=C)CC(NC)c1ccccc1.[Cl-]. The van der Waals surface area contributed by atoms with Crippen LogP contribution in [0.4, 0.5) is 0 Å². The molecule has 0 saturated carbocycles. The molecule has 0 radical (unpaired) electrons. The lowest BCUT2D eigenvalue weighted by Crippen LogP contribution is -3.00. The zero-order valence-electron chi connectivity index (χ0n) is 9.04. The smallest absolute Gasteiger partial charge is 0.0358 e. The Morgan fingerprint density at radius 1 is 1.40 bits per heavy atom. The maximum absolute atomic E-state index is 3.93. The molecule has 2 heteroatoms. The molecule has 0 aromatic heterocycles. The Morgan fingerprint density at radius 2 is 2.00 bits per heavy atom. The second-order valence-corrected chi connectivity index (χ2v) is 3.32. The van der Waals surface area contributed by atoms with E-state index in [1.807, 2.05) is 19.2 Å². The number of hydrogen-bond donors (Lipinski definition) is 1. The minimum absolute atomic E-state index is 0. The van der Waals surface area contributed by atoms with Crippen LogP contribution in [0.5, 0.6) is 0 Å². The van der Waals surface area contributed by atoms with Gasteiger partial charge in [0.05, 0.1) is 0 Å². The van der Waals surface area contributed by atoms with Crippen molar-refractivity contribution in [1.82, 2.24) is 5.32 Å². The van der Waals surface area contributed by atoms with Gasteiger partial charge in [-0.25, -0.2) is 0 Å². The molecule has 1 atom stereocenters. The Balaban J connectivity index is 0.00000196. The summed E-state index contributed by atoms with van der Waals surface area (Å²) in [5.41, 5.74) is 2.35. The highest BCUT2D eigenvalue weighted by Crippen LogP contribution is 2.19. The van der Waals surface area contributed by atoms with Crippen LogP contribution in [0.3, 0.4) is 0 Å². The molecule has 82 valence electrons. The van der Waals surface area contributed by atoms with Crippen molar-refractivity contribution < 1.29 is 12.4 Å². The molecule has 0 fully saturated rings. The Hall–Kier alpha value is -1.05. The molecule has 1 N–H and O–H groups in total. The highest BCUT2D eigenvalue weighted by molar-refractivity contribution is 5.23. The molecular weight excluding hydrogens is 206 g/mol. The van der Waals surface area contributed by atoms with E-state index < -0.39 is 0 Å². The van der Waals surface area contributed by atoms with Crippen LogP contribution in [-0.4, -0.2) is 7.05 Å². The zero-order valence-corrected chi connectivity index (χ0v) is 9.80. The molecule has 0 aliphatic carbocycles. The number of benzene rings is 1. The zero-order chi connectivity index (χ0) is 10.4. The van der Waals surface area contributed by atoms with Crippen molar-refractivity contribution in [3.05, 3.63) is 60.7 Å². The van der Waals surface area contributed by atoms with Crippen molar-refractivity contribution in [2.75, 3.05) is 7.05 Å². The van der Waals surface area contributed by atoms with Crippen LogP contribution in [0, 0.1) is 0 Å². The molecule has 1 aromatic rings. The highest BCUT2D eigenvalue weighted by Gasteiger charge is 2.08. The van der Waals surface area contributed by atoms with Crippen molar-refractivity contribution in [1.29, 1.82) is 0 Å². The van der Waals surface area contributed by atoms with E-state index in [-0.39, 0.29) is 12.4 Å². The number of nitrogens with one attached hydrogen (secondary N) is 1. The summed E-state index contributed by atoms with van der Waals surface area (Å²) < 4.78 is 0. The van der Waals surface area contributed by atoms with Crippen molar-refractivity contribution in [3.8, 4) is 0 Å². The summed E-state index contributed by atoms with van der Waals surface area (Å²) >= 11 is 0. The molecule has 15 heavy (non-hydrogen) atoms. The molecule has 0 bridgehead atoms. The van der Waals surface area contributed by atoms with E-state index in [2.05, 4.69) is 42.7 Å². The van der Waals surface area contributed by atoms with Gasteiger partial charge in [-0.1, -0.05) is 55.1 Å². The molecular formula is C13H17ClN-. The largest absolute Gasteiger partial charge is 1.00 e. The van der Waals surface area contributed by atoms with Crippen LogP contribution in [0.15, 0.2) is 55.1 Å². The molecule has 1 aromatic carbocycles. The fourth-order valence-corrected chi connectivity index (χ4v) is 1.42. The van der Waals surface area contributed by atoms with Gasteiger partial charge >= 0.3 is 0 Å². The molecule has 0 heterocycles. The second-order valence-electron chi connectivity index (χ2n) is 3.32. The molecule has 1 rings (SSSR count). The lowest BCUT2D eigenvalue weighted by atomic mass is 10.00. The molecule has 0 saturated heterocycles. The molecule has 0 aliphatic heterocycles. The van der Waals surface area contributed by atoms with E-state index in [1.165, 1.54) is 5.56 Å². The molecule has 1 nitrogen and oxygen atoms in total. The summed E-state index contributed by atoms with van der Waals surface area (Å²) in [6, 6.07) is 10.7. The van der Waals surface area contributed by atoms with Crippen LogP contribution in [0.25, 0.3) is 0 Å². The van der Waals surface area contributed by atoms with Gasteiger partial charge in [0.1, 0.15) is 0 Å². The van der Waals surface area contributed by atoms with E-state index in [0.29, 0.717) is 6.04 Å². The van der Waals surface area contributed by atoms with Gasteiger partial charge in [0.15, 0.2) is 0 Å². The minimum Gasteiger partial charge on any atom is -1.00 e. The standard InChI is InChI=1S/C13H17N.ClH/c1-4-11(2)10-13(14-3)12-8-6-5-7-9-12;/h4-9,13-14H,1-2,10H2,3H3;1H/p-1. The summed E-state index contributed by atoms with van der Waals surface area (Å²) in [6.45, 7) is 7.64. The first-order chi connectivity index (χ1) is 6.77. The molecule has 0 aliphatic rings. The number of allylic oxidation sites excluding steroid dienone is 1. The van der Waals surface area contributed by atoms with Crippen LogP contribution in [0.2, 0.25) is 0 Å².